The van der Waals surface area contributed by atoms with Gasteiger partial charge in [-0.3, -0.25) is 10.1 Å². The fourth-order valence-corrected chi connectivity index (χ4v) is 4.95. The number of piperazine rings is 1. The second kappa shape index (κ2) is 11.8. The average molecular weight is 538 g/mol. The smallest absolute Gasteiger partial charge is 0.337 e. The summed E-state index contributed by atoms with van der Waals surface area (Å²) in [6.45, 7) is 7.95. The van der Waals surface area contributed by atoms with Crippen molar-refractivity contribution in [2.45, 2.75) is 52.4 Å². The lowest BCUT2D eigenvalue weighted by Crippen LogP contribution is -2.46. The number of benzene rings is 2. The molecular weight excluding hydrogens is 506 g/mol. The van der Waals surface area contributed by atoms with E-state index in [1.807, 2.05) is 30.3 Å². The van der Waals surface area contributed by atoms with Crippen molar-refractivity contribution in [3.63, 3.8) is 0 Å². The third-order valence-corrected chi connectivity index (χ3v) is 6.87. The lowest BCUT2D eigenvalue weighted by Gasteiger charge is -2.31. The van der Waals surface area contributed by atoms with E-state index in [0.717, 1.165) is 11.1 Å². The molecule has 9 heteroatoms. The normalized spacial score (nSPS) is 19.7. The number of hydrogen-bond donors (Lipinski definition) is 3. The highest BCUT2D eigenvalue weighted by molar-refractivity contribution is 6.31. The summed E-state index contributed by atoms with van der Waals surface area (Å²) in [6, 6.07) is 14.8. The van der Waals surface area contributed by atoms with E-state index in [1.54, 1.807) is 45.9 Å². The molecular formula is C29H32ClN3O5. The van der Waals surface area contributed by atoms with Gasteiger partial charge in [-0.15, -0.1) is 0 Å². The van der Waals surface area contributed by atoms with Crippen molar-refractivity contribution in [1.29, 1.82) is 0 Å². The van der Waals surface area contributed by atoms with Gasteiger partial charge in [0.25, 0.3) is 0 Å². The summed E-state index contributed by atoms with van der Waals surface area (Å²) >= 11 is 6.56. The Bertz CT molecular complexity index is 1290. The number of dihydropyridines is 1. The van der Waals surface area contributed by atoms with Gasteiger partial charge in [0.1, 0.15) is 6.61 Å². The highest BCUT2D eigenvalue weighted by Gasteiger charge is 2.39. The molecule has 1 saturated heterocycles. The molecule has 2 unspecified atom stereocenters. The van der Waals surface area contributed by atoms with Gasteiger partial charge < -0.3 is 20.1 Å². The summed E-state index contributed by atoms with van der Waals surface area (Å²) in [4.78, 5) is 38.1. The Morgan fingerprint density at radius 2 is 1.66 bits per heavy atom. The predicted molar refractivity (Wildman–Crippen MR) is 144 cm³/mol. The highest BCUT2D eigenvalue weighted by atomic mass is 35.5. The zero-order valence-electron chi connectivity index (χ0n) is 21.9. The maximum Gasteiger partial charge on any atom is 0.337 e. The van der Waals surface area contributed by atoms with E-state index in [4.69, 9.17) is 21.1 Å². The molecule has 2 atom stereocenters. The average Bonchev–Trinajstić information content (AvgIpc) is 2.87. The number of halogens is 1. The minimum Gasteiger partial charge on any atom is -0.460 e. The Kier molecular flexibility index (Phi) is 8.54. The molecule has 1 amide bonds. The number of allylic oxidation sites excluding steroid dienone is 2. The van der Waals surface area contributed by atoms with Crippen molar-refractivity contribution in [3.05, 3.63) is 92.8 Å². The van der Waals surface area contributed by atoms with Crippen molar-refractivity contribution in [3.8, 4) is 0 Å². The maximum atomic E-state index is 13.5. The van der Waals surface area contributed by atoms with Gasteiger partial charge in [0.15, 0.2) is 0 Å². The predicted octanol–water partition coefficient (Wildman–Crippen LogP) is 4.03. The number of carbonyl (C=O) groups is 3. The van der Waals surface area contributed by atoms with E-state index in [2.05, 4.69) is 16.0 Å². The van der Waals surface area contributed by atoms with Crippen molar-refractivity contribution in [1.82, 2.24) is 16.0 Å². The van der Waals surface area contributed by atoms with Gasteiger partial charge in [0.2, 0.25) is 5.91 Å². The van der Waals surface area contributed by atoms with Gasteiger partial charge in [-0.1, -0.05) is 54.1 Å². The summed E-state index contributed by atoms with van der Waals surface area (Å²) in [5.41, 5.74) is 4.26. The summed E-state index contributed by atoms with van der Waals surface area (Å²) < 4.78 is 11.3. The molecule has 200 valence electrons. The van der Waals surface area contributed by atoms with Crippen LogP contribution in [0.5, 0.6) is 0 Å². The fraction of sp³-hybridized carbons (Fsp3) is 0.345. The molecule has 2 aliphatic rings. The lowest BCUT2D eigenvalue weighted by atomic mass is 9.80. The van der Waals surface area contributed by atoms with Crippen LogP contribution in [0, 0.1) is 0 Å². The molecule has 2 aliphatic heterocycles. The van der Waals surface area contributed by atoms with E-state index in [-0.39, 0.29) is 31.2 Å². The van der Waals surface area contributed by atoms with Crippen molar-refractivity contribution >= 4 is 29.4 Å². The summed E-state index contributed by atoms with van der Waals surface area (Å²) in [5.74, 6) is -1.84. The van der Waals surface area contributed by atoms with E-state index in [9.17, 15) is 14.4 Å². The molecule has 4 rings (SSSR count). The quantitative estimate of drug-likeness (QED) is 0.458. The molecule has 0 bridgehead atoms. The Balaban J connectivity index is 1.56. The molecule has 1 fully saturated rings. The standard InChI is InChI=1S/C29H32ClN3O5/c1-16(2)38-29(36)26-18(4)33-17(3)25(27(26)21-7-5-6-8-22(21)30)28(35)37-15-19-9-11-20(12-10-19)23-13-32-24(34)14-31-23/h5-12,16,23,27,31,33H,13-15H2,1-4H3,(H,32,34). The van der Waals surface area contributed by atoms with Crippen LogP contribution < -0.4 is 16.0 Å². The van der Waals surface area contributed by atoms with Gasteiger partial charge in [-0.05, 0) is 50.5 Å². The number of carbonyl (C=O) groups excluding carboxylic acids is 3. The molecule has 0 saturated carbocycles. The molecule has 0 aromatic heterocycles. The molecule has 0 aliphatic carbocycles. The van der Waals surface area contributed by atoms with Gasteiger partial charge in [0, 0.05) is 23.0 Å². The second-order valence-electron chi connectivity index (χ2n) is 9.67. The van der Waals surface area contributed by atoms with Crippen LogP contribution in [0.2, 0.25) is 5.02 Å². The van der Waals surface area contributed by atoms with Gasteiger partial charge in [-0.25, -0.2) is 9.59 Å². The van der Waals surface area contributed by atoms with Crippen molar-refractivity contribution in [2.75, 3.05) is 13.1 Å². The largest absolute Gasteiger partial charge is 0.460 e. The maximum absolute atomic E-state index is 13.5. The number of amides is 1. The third-order valence-electron chi connectivity index (χ3n) is 6.52. The van der Waals surface area contributed by atoms with Crippen LogP contribution in [-0.4, -0.2) is 37.0 Å². The van der Waals surface area contributed by atoms with Crippen LogP contribution in [0.15, 0.2) is 71.1 Å². The van der Waals surface area contributed by atoms with Gasteiger partial charge in [-0.2, -0.15) is 0 Å². The molecule has 3 N–H and O–H groups in total. The first-order valence-corrected chi connectivity index (χ1v) is 12.9. The second-order valence-corrected chi connectivity index (χ2v) is 10.1. The first kappa shape index (κ1) is 27.4. The third kappa shape index (κ3) is 6.09. The van der Waals surface area contributed by atoms with Gasteiger partial charge in [0.05, 0.1) is 35.8 Å². The molecule has 8 nitrogen and oxygen atoms in total. The topological polar surface area (TPSA) is 106 Å². The fourth-order valence-electron chi connectivity index (χ4n) is 4.71. The summed E-state index contributed by atoms with van der Waals surface area (Å²) in [6.07, 6.45) is -0.333. The number of rotatable bonds is 7. The molecule has 0 spiro atoms. The Morgan fingerprint density at radius 3 is 2.26 bits per heavy atom. The van der Waals surface area contributed by atoms with E-state index in [0.29, 0.717) is 39.7 Å². The van der Waals surface area contributed by atoms with Crippen molar-refractivity contribution in [2.24, 2.45) is 0 Å². The van der Waals surface area contributed by atoms with E-state index >= 15 is 0 Å². The van der Waals surface area contributed by atoms with Crippen LogP contribution in [-0.2, 0) is 30.5 Å². The molecule has 2 aromatic rings. The zero-order chi connectivity index (χ0) is 27.4. The van der Waals surface area contributed by atoms with E-state index < -0.39 is 17.9 Å². The monoisotopic (exact) mass is 537 g/mol. The Labute approximate surface area is 227 Å². The van der Waals surface area contributed by atoms with E-state index in [1.165, 1.54) is 0 Å². The first-order chi connectivity index (χ1) is 18.2. The number of esters is 2. The molecule has 0 radical (unpaired) electrons. The van der Waals surface area contributed by atoms with Gasteiger partial charge >= 0.3 is 11.9 Å². The first-order valence-electron chi connectivity index (χ1n) is 12.6. The molecule has 38 heavy (non-hydrogen) atoms. The summed E-state index contributed by atoms with van der Waals surface area (Å²) in [7, 11) is 0. The number of ether oxygens (including phenoxy) is 2. The molecule has 2 aromatic carbocycles. The Morgan fingerprint density at radius 1 is 1.00 bits per heavy atom. The van der Waals surface area contributed by atoms with Crippen LogP contribution >= 0.6 is 11.6 Å². The lowest BCUT2D eigenvalue weighted by molar-refractivity contribution is -0.143. The summed E-state index contributed by atoms with van der Waals surface area (Å²) in [5, 5.41) is 9.63. The number of hydrogen-bond acceptors (Lipinski definition) is 7. The molecule has 2 heterocycles. The van der Waals surface area contributed by atoms with Crippen LogP contribution in [0.4, 0.5) is 0 Å². The van der Waals surface area contributed by atoms with Crippen LogP contribution in [0.3, 0.4) is 0 Å². The van der Waals surface area contributed by atoms with Crippen molar-refractivity contribution < 1.29 is 23.9 Å². The van der Waals surface area contributed by atoms with Crippen LogP contribution in [0.25, 0.3) is 0 Å². The minimum absolute atomic E-state index is 0.0210. The SMILES string of the molecule is CC1=C(C(=O)OCc2ccc(C3CNC(=O)CN3)cc2)C(c2ccccc2Cl)C(C(=O)OC(C)C)=C(C)N1. The highest BCUT2D eigenvalue weighted by Crippen LogP contribution is 2.42. The van der Waals surface area contributed by atoms with Crippen LogP contribution in [0.1, 0.15) is 56.3 Å². The number of nitrogens with one attached hydrogen (secondary N) is 3. The Hall–Kier alpha value is -3.62. The zero-order valence-corrected chi connectivity index (χ0v) is 22.6. The minimum atomic E-state index is -0.751.